The second-order valence-electron chi connectivity index (χ2n) is 5.89. The van der Waals surface area contributed by atoms with Gasteiger partial charge in [0.2, 0.25) is 0 Å². The van der Waals surface area contributed by atoms with E-state index in [1.54, 1.807) is 6.07 Å². The Labute approximate surface area is 159 Å². The quantitative estimate of drug-likeness (QED) is 0.721. The van der Waals surface area contributed by atoms with Crippen LogP contribution in [0.4, 0.5) is 0 Å². The number of carbonyl (C=O) groups is 1. The Bertz CT molecular complexity index is 749. The molecule has 0 amide bonds. The average Bonchev–Trinajstić information content (AvgIpc) is 2.97. The lowest BCUT2D eigenvalue weighted by Gasteiger charge is -2.37. The number of benzene rings is 1. The van der Waals surface area contributed by atoms with E-state index >= 15 is 0 Å². The van der Waals surface area contributed by atoms with Gasteiger partial charge in [-0.3, -0.25) is 9.69 Å². The van der Waals surface area contributed by atoms with Crippen LogP contribution in [-0.2, 0) is 4.79 Å². The Hall–Kier alpha value is -0.780. The van der Waals surface area contributed by atoms with E-state index in [4.69, 9.17) is 34.8 Å². The molecule has 24 heavy (non-hydrogen) atoms. The van der Waals surface area contributed by atoms with Gasteiger partial charge in [0.25, 0.3) is 0 Å². The minimum atomic E-state index is -0.739. The topological polar surface area (TPSA) is 40.5 Å². The molecule has 0 radical (unpaired) electrons. The van der Waals surface area contributed by atoms with Crippen LogP contribution in [0.2, 0.25) is 14.4 Å². The summed E-state index contributed by atoms with van der Waals surface area (Å²) in [6.07, 6.45) is 1.57. The van der Waals surface area contributed by atoms with Crippen LogP contribution in [0.15, 0.2) is 30.3 Å². The standard InChI is InChI=1S/C17H16Cl3NO2S/c18-12-4-3-10(8-13(12)19)16(14-5-6-15(20)24-14)21-7-1-2-11(9-21)17(22)23/h3-6,8,11,16H,1-2,7,9H2,(H,22,23). The van der Waals surface area contributed by atoms with E-state index in [2.05, 4.69) is 4.90 Å². The zero-order valence-corrected chi connectivity index (χ0v) is 15.8. The minimum absolute atomic E-state index is 0.0700. The highest BCUT2D eigenvalue weighted by atomic mass is 35.5. The molecule has 1 aromatic carbocycles. The average molecular weight is 405 g/mol. The predicted molar refractivity (Wildman–Crippen MR) is 99.6 cm³/mol. The first-order valence-electron chi connectivity index (χ1n) is 7.62. The molecule has 7 heteroatoms. The van der Waals surface area contributed by atoms with Crippen LogP contribution in [0.3, 0.4) is 0 Å². The maximum atomic E-state index is 11.4. The molecule has 1 saturated heterocycles. The maximum absolute atomic E-state index is 11.4. The third-order valence-corrected chi connectivity index (χ3v) is 6.31. The third-order valence-electron chi connectivity index (χ3n) is 4.29. The summed E-state index contributed by atoms with van der Waals surface area (Å²) in [6.45, 7) is 1.35. The molecule has 1 aromatic heterocycles. The Morgan fingerprint density at radius 1 is 1.21 bits per heavy atom. The van der Waals surface area contributed by atoms with Crippen molar-refractivity contribution in [3.63, 3.8) is 0 Å². The molecule has 0 saturated carbocycles. The number of piperidine rings is 1. The highest BCUT2D eigenvalue weighted by molar-refractivity contribution is 7.16. The number of rotatable bonds is 4. The highest BCUT2D eigenvalue weighted by Gasteiger charge is 2.32. The summed E-state index contributed by atoms with van der Waals surface area (Å²) in [5.41, 5.74) is 0.994. The monoisotopic (exact) mass is 403 g/mol. The van der Waals surface area contributed by atoms with E-state index in [0.717, 1.165) is 23.4 Å². The molecule has 2 heterocycles. The van der Waals surface area contributed by atoms with E-state index in [9.17, 15) is 9.90 Å². The lowest BCUT2D eigenvalue weighted by molar-refractivity contribution is -0.143. The van der Waals surface area contributed by atoms with Crippen molar-refractivity contribution in [1.82, 2.24) is 4.90 Å². The molecular formula is C17H16Cl3NO2S. The molecule has 3 rings (SSSR count). The summed E-state index contributed by atoms with van der Waals surface area (Å²) in [6, 6.07) is 9.36. The third kappa shape index (κ3) is 3.89. The molecule has 1 aliphatic heterocycles. The van der Waals surface area contributed by atoms with Crippen molar-refractivity contribution in [3.8, 4) is 0 Å². The van der Waals surface area contributed by atoms with Gasteiger partial charge in [-0.25, -0.2) is 0 Å². The lowest BCUT2D eigenvalue weighted by Crippen LogP contribution is -2.41. The Morgan fingerprint density at radius 2 is 2.00 bits per heavy atom. The van der Waals surface area contributed by atoms with E-state index in [0.29, 0.717) is 27.3 Å². The molecule has 128 valence electrons. The van der Waals surface area contributed by atoms with Gasteiger partial charge >= 0.3 is 5.97 Å². The number of aliphatic carboxylic acids is 1. The molecule has 1 aliphatic rings. The zero-order valence-electron chi connectivity index (χ0n) is 12.7. The van der Waals surface area contributed by atoms with Crippen LogP contribution >= 0.6 is 46.1 Å². The molecule has 2 aromatic rings. The molecule has 1 fully saturated rings. The van der Waals surface area contributed by atoms with Gasteiger partial charge < -0.3 is 5.11 Å². The van der Waals surface area contributed by atoms with Crippen molar-refractivity contribution in [2.24, 2.45) is 5.92 Å². The predicted octanol–water partition coefficient (Wildman–Crippen LogP) is 5.59. The fraction of sp³-hybridized carbons (Fsp3) is 0.353. The fourth-order valence-electron chi connectivity index (χ4n) is 3.16. The summed E-state index contributed by atoms with van der Waals surface area (Å²) >= 11 is 19.9. The summed E-state index contributed by atoms with van der Waals surface area (Å²) < 4.78 is 0.710. The van der Waals surface area contributed by atoms with Crippen LogP contribution < -0.4 is 0 Å². The van der Waals surface area contributed by atoms with Crippen LogP contribution in [-0.4, -0.2) is 29.1 Å². The first-order valence-corrected chi connectivity index (χ1v) is 9.58. The van der Waals surface area contributed by atoms with Crippen LogP contribution in [0, 0.1) is 5.92 Å². The Morgan fingerprint density at radius 3 is 2.62 bits per heavy atom. The number of thiophene rings is 1. The second kappa shape index (κ2) is 7.63. The SMILES string of the molecule is O=C(O)C1CCCN(C(c2ccc(Cl)c(Cl)c2)c2ccc(Cl)s2)C1. The van der Waals surface area contributed by atoms with Crippen LogP contribution in [0.1, 0.15) is 29.3 Å². The number of halogens is 3. The van der Waals surface area contributed by atoms with Gasteiger partial charge in [0.05, 0.1) is 26.3 Å². The van der Waals surface area contributed by atoms with E-state index in [1.165, 1.54) is 11.3 Å². The lowest BCUT2D eigenvalue weighted by atomic mass is 9.94. The van der Waals surface area contributed by atoms with Gasteiger partial charge in [0.15, 0.2) is 0 Å². The van der Waals surface area contributed by atoms with Gasteiger partial charge in [-0.2, -0.15) is 0 Å². The minimum Gasteiger partial charge on any atom is -0.481 e. The van der Waals surface area contributed by atoms with Crippen molar-refractivity contribution in [2.45, 2.75) is 18.9 Å². The van der Waals surface area contributed by atoms with Crippen molar-refractivity contribution < 1.29 is 9.90 Å². The van der Waals surface area contributed by atoms with Gasteiger partial charge in [-0.05, 0) is 49.2 Å². The summed E-state index contributed by atoms with van der Waals surface area (Å²) in [5.74, 6) is -1.09. The van der Waals surface area contributed by atoms with E-state index < -0.39 is 5.97 Å². The number of likely N-dealkylation sites (tertiary alicyclic amines) is 1. The van der Waals surface area contributed by atoms with Crippen molar-refractivity contribution >= 4 is 52.1 Å². The zero-order chi connectivity index (χ0) is 17.3. The largest absolute Gasteiger partial charge is 0.481 e. The first-order chi connectivity index (χ1) is 11.5. The van der Waals surface area contributed by atoms with Crippen molar-refractivity contribution in [2.75, 3.05) is 13.1 Å². The second-order valence-corrected chi connectivity index (χ2v) is 8.45. The number of carboxylic acid groups (broad SMARTS) is 1. The molecule has 1 N–H and O–H groups in total. The van der Waals surface area contributed by atoms with Crippen molar-refractivity contribution in [1.29, 1.82) is 0 Å². The number of hydrogen-bond acceptors (Lipinski definition) is 3. The van der Waals surface area contributed by atoms with Gasteiger partial charge in [0, 0.05) is 11.4 Å². The Kier molecular flexibility index (Phi) is 5.73. The Balaban J connectivity index is 1.98. The normalized spacial score (nSPS) is 20.0. The summed E-state index contributed by atoms with van der Waals surface area (Å²) in [7, 11) is 0. The molecule has 2 unspecified atom stereocenters. The first kappa shape index (κ1) is 18.0. The van der Waals surface area contributed by atoms with E-state index in [1.807, 2.05) is 24.3 Å². The molecular weight excluding hydrogens is 389 g/mol. The fourth-order valence-corrected chi connectivity index (χ4v) is 4.69. The summed E-state index contributed by atoms with van der Waals surface area (Å²) in [4.78, 5) is 14.7. The van der Waals surface area contributed by atoms with Gasteiger partial charge in [-0.15, -0.1) is 11.3 Å². The van der Waals surface area contributed by atoms with E-state index in [-0.39, 0.29) is 12.0 Å². The smallest absolute Gasteiger partial charge is 0.307 e. The van der Waals surface area contributed by atoms with Gasteiger partial charge in [0.1, 0.15) is 0 Å². The van der Waals surface area contributed by atoms with Gasteiger partial charge in [-0.1, -0.05) is 40.9 Å². The molecule has 3 nitrogen and oxygen atoms in total. The molecule has 0 aliphatic carbocycles. The number of carboxylic acids is 1. The number of hydrogen-bond donors (Lipinski definition) is 1. The van der Waals surface area contributed by atoms with Crippen LogP contribution in [0.5, 0.6) is 0 Å². The molecule has 0 bridgehead atoms. The maximum Gasteiger partial charge on any atom is 0.307 e. The number of nitrogens with zero attached hydrogens (tertiary/aromatic N) is 1. The highest BCUT2D eigenvalue weighted by Crippen LogP contribution is 2.39. The molecule has 2 atom stereocenters. The van der Waals surface area contributed by atoms with Crippen LogP contribution in [0.25, 0.3) is 0 Å². The summed E-state index contributed by atoms with van der Waals surface area (Å²) in [5, 5.41) is 10.4. The van der Waals surface area contributed by atoms with Crippen molar-refractivity contribution in [3.05, 3.63) is 55.2 Å². The molecule has 0 spiro atoms.